The maximum atomic E-state index is 6.56. The van der Waals surface area contributed by atoms with E-state index in [1.807, 2.05) is 11.5 Å². The summed E-state index contributed by atoms with van der Waals surface area (Å²) in [5, 5.41) is 9.27. The second-order valence-corrected chi connectivity index (χ2v) is 16.9. The minimum Gasteiger partial charge on any atom is -0.476 e. The molecule has 4 rings (SSSR count). The van der Waals surface area contributed by atoms with Gasteiger partial charge in [0.25, 0.3) is 0 Å². The molecule has 1 aliphatic heterocycles. The minimum atomic E-state index is -1.17. The molecule has 13 heteroatoms. The fraction of sp³-hybridized carbons (Fsp3) is 0.625. The smallest absolute Gasteiger partial charge is 0.238 e. The van der Waals surface area contributed by atoms with Gasteiger partial charge in [0, 0.05) is 34.0 Å². The van der Waals surface area contributed by atoms with E-state index in [-0.39, 0.29) is 11.5 Å². The average molecular weight is 571 g/mol. The third-order valence-corrected chi connectivity index (χ3v) is 8.40. The molecular weight excluding hydrogens is 533 g/mol. The number of rotatable bonds is 12. The maximum Gasteiger partial charge on any atom is 0.238 e. The van der Waals surface area contributed by atoms with Crippen molar-refractivity contribution in [3.8, 4) is 5.88 Å². The fourth-order valence-electron chi connectivity index (χ4n) is 4.12. The second-order valence-electron chi connectivity index (χ2n) is 10.5. The van der Waals surface area contributed by atoms with Crippen LogP contribution in [0.4, 0.5) is 11.5 Å². The Morgan fingerprint density at radius 3 is 2.76 bits per heavy atom. The number of nitrogens with zero attached hydrogens (tertiary/aromatic N) is 5. The van der Waals surface area contributed by atoms with Crippen LogP contribution < -0.4 is 15.8 Å². The van der Waals surface area contributed by atoms with Crippen molar-refractivity contribution in [1.82, 2.24) is 24.3 Å². The number of aromatic nitrogens is 5. The van der Waals surface area contributed by atoms with Crippen LogP contribution in [0.5, 0.6) is 5.88 Å². The van der Waals surface area contributed by atoms with Gasteiger partial charge in [0.2, 0.25) is 11.2 Å². The van der Waals surface area contributed by atoms with Gasteiger partial charge in [-0.1, -0.05) is 31.2 Å². The van der Waals surface area contributed by atoms with E-state index in [0.29, 0.717) is 66.4 Å². The Bertz CT molecular complexity index is 1210. The highest BCUT2D eigenvalue weighted by atomic mass is 35.5. The molecule has 10 nitrogen and oxygen atoms in total. The Morgan fingerprint density at radius 2 is 2.03 bits per heavy atom. The van der Waals surface area contributed by atoms with Gasteiger partial charge in [0.1, 0.15) is 18.2 Å². The summed E-state index contributed by atoms with van der Waals surface area (Å²) in [6, 6.07) is 1.09. The minimum absolute atomic E-state index is 0.139. The molecule has 0 amide bonds. The summed E-state index contributed by atoms with van der Waals surface area (Å²) in [4.78, 5) is 8.77. The third kappa shape index (κ3) is 7.08. The number of aryl methyl sites for hydroxylation is 1. The molecular formula is C24H37Cl2N7O3Si. The number of nitrogens with two attached hydrogens (primary N) is 1. The predicted molar refractivity (Wildman–Crippen MR) is 150 cm³/mol. The van der Waals surface area contributed by atoms with E-state index in [0.717, 1.165) is 37.6 Å². The van der Waals surface area contributed by atoms with Gasteiger partial charge in [0.15, 0.2) is 11.9 Å². The zero-order valence-electron chi connectivity index (χ0n) is 22.0. The van der Waals surface area contributed by atoms with Gasteiger partial charge >= 0.3 is 0 Å². The number of hydrogen-bond acceptors (Lipinski definition) is 8. The molecule has 0 radical (unpaired) electrons. The molecule has 1 atom stereocenters. The number of anilines is 2. The third-order valence-electron chi connectivity index (χ3n) is 6.24. The van der Waals surface area contributed by atoms with Crippen LogP contribution in [0, 0.1) is 6.92 Å². The summed E-state index contributed by atoms with van der Waals surface area (Å²) in [5.41, 5.74) is 8.17. The van der Waals surface area contributed by atoms with Gasteiger partial charge in [0.05, 0.1) is 22.7 Å². The summed E-state index contributed by atoms with van der Waals surface area (Å²) in [6.45, 7) is 11.6. The van der Waals surface area contributed by atoms with E-state index in [9.17, 15) is 0 Å². The molecule has 3 N–H and O–H groups in total. The lowest BCUT2D eigenvalue weighted by Crippen LogP contribution is -2.22. The molecule has 37 heavy (non-hydrogen) atoms. The first-order valence-electron chi connectivity index (χ1n) is 12.8. The molecule has 1 unspecified atom stereocenters. The lowest BCUT2D eigenvalue weighted by molar-refractivity contribution is -0.0440. The van der Waals surface area contributed by atoms with Crippen LogP contribution >= 0.6 is 23.2 Å². The van der Waals surface area contributed by atoms with E-state index in [1.165, 1.54) is 0 Å². The Kier molecular flexibility index (Phi) is 9.23. The van der Waals surface area contributed by atoms with Crippen molar-refractivity contribution in [2.45, 2.75) is 71.3 Å². The molecule has 1 saturated heterocycles. The van der Waals surface area contributed by atoms with Crippen LogP contribution in [-0.4, -0.2) is 58.8 Å². The van der Waals surface area contributed by atoms with Gasteiger partial charge < -0.3 is 29.8 Å². The van der Waals surface area contributed by atoms with Crippen molar-refractivity contribution >= 4 is 53.8 Å². The number of hydrogen-bond donors (Lipinski definition) is 2. The maximum absolute atomic E-state index is 6.56. The highest BCUT2D eigenvalue weighted by Gasteiger charge is 2.24. The zero-order chi connectivity index (χ0) is 26.6. The first-order chi connectivity index (χ1) is 17.6. The normalized spacial score (nSPS) is 16.4. The Balaban J connectivity index is 1.35. The quantitative estimate of drug-likeness (QED) is 0.162. The van der Waals surface area contributed by atoms with Gasteiger partial charge in [-0.15, -0.1) is 0 Å². The van der Waals surface area contributed by atoms with Crippen LogP contribution in [-0.2, 0) is 16.2 Å². The first-order valence-corrected chi connectivity index (χ1v) is 17.2. The van der Waals surface area contributed by atoms with E-state index in [1.54, 1.807) is 10.9 Å². The SMILES string of the molecule is Cc1nn(C2CCCCO2)c(OCCCNc2nc(Cl)nc3c2c(Cl)cn3COCC[Si](C)(C)C)c1N. The highest BCUT2D eigenvalue weighted by Crippen LogP contribution is 2.33. The topological polar surface area (TPSA) is 114 Å². The monoisotopic (exact) mass is 569 g/mol. The largest absolute Gasteiger partial charge is 0.476 e. The van der Waals surface area contributed by atoms with E-state index in [4.69, 9.17) is 43.1 Å². The molecule has 1 fully saturated rings. The van der Waals surface area contributed by atoms with Crippen molar-refractivity contribution in [1.29, 1.82) is 0 Å². The summed E-state index contributed by atoms with van der Waals surface area (Å²) < 4.78 is 21.5. The van der Waals surface area contributed by atoms with Crippen LogP contribution in [0.3, 0.4) is 0 Å². The van der Waals surface area contributed by atoms with Gasteiger partial charge in [-0.3, -0.25) is 0 Å². The van der Waals surface area contributed by atoms with E-state index in [2.05, 4.69) is 40.0 Å². The highest BCUT2D eigenvalue weighted by molar-refractivity contribution is 6.76. The summed E-state index contributed by atoms with van der Waals surface area (Å²) in [5.74, 6) is 1.14. The lowest BCUT2D eigenvalue weighted by atomic mass is 10.2. The summed E-state index contributed by atoms with van der Waals surface area (Å²) in [7, 11) is -1.17. The Labute approximate surface area is 228 Å². The average Bonchev–Trinajstić information content (AvgIpc) is 3.32. The van der Waals surface area contributed by atoms with Crippen LogP contribution in [0.15, 0.2) is 6.20 Å². The molecule has 204 valence electrons. The molecule has 4 heterocycles. The fourth-order valence-corrected chi connectivity index (χ4v) is 5.34. The van der Waals surface area contributed by atoms with Crippen molar-refractivity contribution < 1.29 is 14.2 Å². The van der Waals surface area contributed by atoms with E-state index < -0.39 is 8.07 Å². The zero-order valence-corrected chi connectivity index (χ0v) is 24.5. The molecule has 3 aromatic rings. The molecule has 0 saturated carbocycles. The van der Waals surface area contributed by atoms with Crippen molar-refractivity contribution in [3.63, 3.8) is 0 Å². The molecule has 3 aromatic heterocycles. The predicted octanol–water partition coefficient (Wildman–Crippen LogP) is 5.72. The van der Waals surface area contributed by atoms with E-state index >= 15 is 0 Å². The van der Waals surface area contributed by atoms with Crippen LogP contribution in [0.2, 0.25) is 36.0 Å². The first kappa shape index (κ1) is 28.0. The number of nitrogen functional groups attached to an aromatic ring is 1. The number of halogens is 2. The van der Waals surface area contributed by atoms with Crippen molar-refractivity contribution in [2.75, 3.05) is 37.4 Å². The van der Waals surface area contributed by atoms with Gasteiger partial charge in [-0.2, -0.15) is 15.1 Å². The van der Waals surface area contributed by atoms with Gasteiger partial charge in [-0.05, 0) is 50.3 Å². The molecule has 0 bridgehead atoms. The summed E-state index contributed by atoms with van der Waals surface area (Å²) >= 11 is 12.8. The number of fused-ring (bicyclic) bond motifs is 1. The van der Waals surface area contributed by atoms with Crippen LogP contribution in [0.25, 0.3) is 11.0 Å². The summed E-state index contributed by atoms with van der Waals surface area (Å²) in [6.07, 6.45) is 5.41. The number of ether oxygens (including phenoxy) is 3. The lowest BCUT2D eigenvalue weighted by Gasteiger charge is -2.24. The molecule has 0 spiro atoms. The van der Waals surface area contributed by atoms with Gasteiger partial charge in [-0.25, -0.2) is 4.68 Å². The standard InChI is InChI=1S/C24H37Cl2N7O3Si/c1-16-20(27)23(33(31-16)18-8-5-6-10-35-18)36-11-7-9-28-21-19-17(25)14-32(22(19)30-24(26)29-21)15-34-12-13-37(2,3)4/h14,18H,5-13,15,27H2,1-4H3,(H,28,29,30). The molecule has 1 aliphatic rings. The van der Waals surface area contributed by atoms with Crippen molar-refractivity contribution in [2.24, 2.45) is 0 Å². The number of nitrogens with one attached hydrogen (secondary N) is 1. The second kappa shape index (κ2) is 12.2. The molecule has 0 aromatic carbocycles. The molecule has 0 aliphatic carbocycles. The Hall–Kier alpha value is -2.05. The van der Waals surface area contributed by atoms with Crippen molar-refractivity contribution in [3.05, 3.63) is 22.2 Å². The van der Waals surface area contributed by atoms with Crippen LogP contribution in [0.1, 0.15) is 37.6 Å². The Morgan fingerprint density at radius 1 is 1.22 bits per heavy atom.